The van der Waals surface area contributed by atoms with E-state index in [2.05, 4.69) is 10.1 Å². The fourth-order valence-corrected chi connectivity index (χ4v) is 1.73. The molecule has 1 aromatic heterocycles. The van der Waals surface area contributed by atoms with Crippen LogP contribution >= 0.6 is 0 Å². The van der Waals surface area contributed by atoms with Gasteiger partial charge in [-0.15, -0.1) is 0 Å². The molecular weight excluding hydrogens is 264 g/mol. The largest absolute Gasteiger partial charge is 0.490 e. The number of nitrogens with zero attached hydrogens (tertiary/aromatic N) is 3. The van der Waals surface area contributed by atoms with Crippen molar-refractivity contribution in [2.45, 2.75) is 19.4 Å². The van der Waals surface area contributed by atoms with Crippen molar-refractivity contribution in [1.82, 2.24) is 10.1 Å². The highest BCUT2D eigenvalue weighted by Crippen LogP contribution is 2.36. The summed E-state index contributed by atoms with van der Waals surface area (Å²) in [6, 6.07) is 4.15. The van der Waals surface area contributed by atoms with E-state index in [0.29, 0.717) is 17.8 Å². The summed E-state index contributed by atoms with van der Waals surface area (Å²) in [5, 5.41) is 14.7. The van der Waals surface area contributed by atoms with Crippen LogP contribution in [0.2, 0.25) is 0 Å². The lowest BCUT2D eigenvalue weighted by Crippen LogP contribution is -2.10. The SMILES string of the molecule is CCC(N)c1noc(-c2cccc([N+](=O)[O-])c2OC)n1. The van der Waals surface area contributed by atoms with Gasteiger partial charge >= 0.3 is 5.69 Å². The summed E-state index contributed by atoms with van der Waals surface area (Å²) < 4.78 is 10.2. The monoisotopic (exact) mass is 278 g/mol. The molecule has 0 aliphatic heterocycles. The first-order chi connectivity index (χ1) is 9.58. The number of methoxy groups -OCH3 is 1. The minimum Gasteiger partial charge on any atom is -0.490 e. The molecular formula is C12H14N4O4. The van der Waals surface area contributed by atoms with Gasteiger partial charge in [0.05, 0.1) is 23.6 Å². The van der Waals surface area contributed by atoms with E-state index in [4.69, 9.17) is 15.0 Å². The van der Waals surface area contributed by atoms with Crippen LogP contribution in [0.1, 0.15) is 25.2 Å². The minimum atomic E-state index is -0.530. The van der Waals surface area contributed by atoms with Crippen molar-refractivity contribution in [2.24, 2.45) is 5.73 Å². The third-order valence-electron chi connectivity index (χ3n) is 2.84. The van der Waals surface area contributed by atoms with Gasteiger partial charge in [-0.25, -0.2) is 0 Å². The molecule has 1 heterocycles. The summed E-state index contributed by atoms with van der Waals surface area (Å²) in [5.74, 6) is 0.582. The lowest BCUT2D eigenvalue weighted by Gasteiger charge is -2.05. The first-order valence-corrected chi connectivity index (χ1v) is 5.99. The number of para-hydroxylation sites is 1. The van der Waals surface area contributed by atoms with Crippen LogP contribution in [0, 0.1) is 10.1 Å². The van der Waals surface area contributed by atoms with Gasteiger partial charge in [-0.2, -0.15) is 4.98 Å². The Morgan fingerprint density at radius 1 is 1.55 bits per heavy atom. The van der Waals surface area contributed by atoms with Crippen LogP contribution in [-0.2, 0) is 0 Å². The smallest absolute Gasteiger partial charge is 0.311 e. The molecule has 106 valence electrons. The average molecular weight is 278 g/mol. The van der Waals surface area contributed by atoms with E-state index in [1.807, 2.05) is 6.92 Å². The Balaban J connectivity index is 2.50. The molecule has 1 unspecified atom stereocenters. The second kappa shape index (κ2) is 5.66. The molecule has 2 N–H and O–H groups in total. The van der Waals surface area contributed by atoms with Crippen molar-refractivity contribution in [2.75, 3.05) is 7.11 Å². The Morgan fingerprint density at radius 3 is 2.90 bits per heavy atom. The van der Waals surface area contributed by atoms with Crippen molar-refractivity contribution in [3.8, 4) is 17.2 Å². The van der Waals surface area contributed by atoms with Crippen molar-refractivity contribution in [3.05, 3.63) is 34.1 Å². The van der Waals surface area contributed by atoms with Crippen LogP contribution in [0.4, 0.5) is 5.69 Å². The van der Waals surface area contributed by atoms with Crippen molar-refractivity contribution in [1.29, 1.82) is 0 Å². The fraction of sp³-hybridized carbons (Fsp3) is 0.333. The average Bonchev–Trinajstić information content (AvgIpc) is 2.95. The molecule has 0 radical (unpaired) electrons. The zero-order chi connectivity index (χ0) is 14.7. The quantitative estimate of drug-likeness (QED) is 0.656. The maximum absolute atomic E-state index is 11.0. The maximum atomic E-state index is 11.0. The maximum Gasteiger partial charge on any atom is 0.311 e. The number of hydrogen-bond donors (Lipinski definition) is 1. The standard InChI is InChI=1S/C12H14N4O4/c1-3-8(13)11-14-12(20-15-11)7-5-4-6-9(16(17)18)10(7)19-2/h4-6,8H,3,13H2,1-2H3. The van der Waals surface area contributed by atoms with Gasteiger partial charge in [-0.1, -0.05) is 18.1 Å². The van der Waals surface area contributed by atoms with Crippen LogP contribution < -0.4 is 10.5 Å². The number of rotatable bonds is 5. The lowest BCUT2D eigenvalue weighted by atomic mass is 10.1. The Bertz CT molecular complexity index is 626. The number of nitro benzene ring substituents is 1. The van der Waals surface area contributed by atoms with Gasteiger partial charge in [-0.3, -0.25) is 10.1 Å². The van der Waals surface area contributed by atoms with E-state index >= 15 is 0 Å². The van der Waals surface area contributed by atoms with Crippen molar-refractivity contribution < 1.29 is 14.2 Å². The van der Waals surface area contributed by atoms with Crippen LogP contribution in [0.5, 0.6) is 5.75 Å². The molecule has 0 saturated heterocycles. The van der Waals surface area contributed by atoms with Gasteiger partial charge in [0.15, 0.2) is 5.82 Å². The number of nitrogens with two attached hydrogens (primary N) is 1. The van der Waals surface area contributed by atoms with E-state index in [1.165, 1.54) is 19.2 Å². The molecule has 0 aliphatic rings. The van der Waals surface area contributed by atoms with E-state index in [0.717, 1.165) is 0 Å². The highest BCUT2D eigenvalue weighted by atomic mass is 16.6. The van der Waals surface area contributed by atoms with Crippen molar-refractivity contribution in [3.63, 3.8) is 0 Å². The predicted octanol–water partition coefficient (Wildman–Crippen LogP) is 2.06. The lowest BCUT2D eigenvalue weighted by molar-refractivity contribution is -0.385. The van der Waals surface area contributed by atoms with Crippen molar-refractivity contribution >= 4 is 5.69 Å². The van der Waals surface area contributed by atoms with E-state index in [9.17, 15) is 10.1 Å². The summed E-state index contributed by atoms with van der Waals surface area (Å²) in [5.41, 5.74) is 6.01. The van der Waals surface area contributed by atoms with E-state index in [-0.39, 0.29) is 23.4 Å². The molecule has 20 heavy (non-hydrogen) atoms. The second-order valence-electron chi connectivity index (χ2n) is 4.09. The number of aromatic nitrogens is 2. The van der Waals surface area contributed by atoms with Gasteiger partial charge in [0, 0.05) is 6.07 Å². The molecule has 0 bridgehead atoms. The zero-order valence-corrected chi connectivity index (χ0v) is 11.1. The Hall–Kier alpha value is -2.48. The molecule has 0 saturated carbocycles. The second-order valence-corrected chi connectivity index (χ2v) is 4.09. The molecule has 0 aliphatic carbocycles. The molecule has 2 aromatic rings. The third-order valence-corrected chi connectivity index (χ3v) is 2.84. The van der Waals surface area contributed by atoms with Gasteiger partial charge in [0.25, 0.3) is 5.89 Å². The normalized spacial score (nSPS) is 12.2. The molecule has 8 heteroatoms. The molecule has 1 aromatic carbocycles. The topological polar surface area (TPSA) is 117 Å². The Kier molecular flexibility index (Phi) is 3.94. The summed E-state index contributed by atoms with van der Waals surface area (Å²) in [6.45, 7) is 1.90. The van der Waals surface area contributed by atoms with Gasteiger partial charge in [0.1, 0.15) is 0 Å². The molecule has 1 atom stereocenters. The Morgan fingerprint density at radius 2 is 2.30 bits per heavy atom. The molecule has 0 amide bonds. The highest BCUT2D eigenvalue weighted by Gasteiger charge is 2.23. The van der Waals surface area contributed by atoms with Gasteiger partial charge in [-0.05, 0) is 12.5 Å². The summed E-state index contributed by atoms with van der Waals surface area (Å²) >= 11 is 0. The molecule has 0 spiro atoms. The molecule has 0 fully saturated rings. The summed E-state index contributed by atoms with van der Waals surface area (Å²) in [4.78, 5) is 14.6. The number of hydrogen-bond acceptors (Lipinski definition) is 7. The van der Waals surface area contributed by atoms with Crippen LogP contribution in [0.15, 0.2) is 22.7 Å². The Labute approximate surface area is 114 Å². The van der Waals surface area contributed by atoms with Crippen LogP contribution in [-0.4, -0.2) is 22.2 Å². The predicted molar refractivity (Wildman–Crippen MR) is 70.2 cm³/mol. The van der Waals surface area contributed by atoms with E-state index < -0.39 is 4.92 Å². The van der Waals surface area contributed by atoms with Crippen LogP contribution in [0.3, 0.4) is 0 Å². The van der Waals surface area contributed by atoms with Gasteiger partial charge in [0.2, 0.25) is 5.75 Å². The fourth-order valence-electron chi connectivity index (χ4n) is 1.73. The first-order valence-electron chi connectivity index (χ1n) is 5.99. The van der Waals surface area contributed by atoms with Crippen LogP contribution in [0.25, 0.3) is 11.5 Å². The molecule has 8 nitrogen and oxygen atoms in total. The molecule has 2 rings (SSSR count). The summed E-state index contributed by atoms with van der Waals surface area (Å²) in [6.07, 6.45) is 0.658. The van der Waals surface area contributed by atoms with E-state index in [1.54, 1.807) is 6.07 Å². The number of benzene rings is 1. The van der Waals surface area contributed by atoms with Gasteiger partial charge < -0.3 is 15.0 Å². The highest BCUT2D eigenvalue weighted by molar-refractivity contribution is 5.69. The number of ether oxygens (including phenoxy) is 1. The minimum absolute atomic E-state index is 0.0813. The zero-order valence-electron chi connectivity index (χ0n) is 11.1. The third kappa shape index (κ3) is 2.45. The number of nitro groups is 1. The first kappa shape index (κ1) is 13.9. The summed E-state index contributed by atoms with van der Waals surface area (Å²) in [7, 11) is 1.35.